The monoisotopic (exact) mass is 266 g/mol. The maximum absolute atomic E-state index is 10.9. The third-order valence-corrected chi connectivity index (χ3v) is 2.78. The summed E-state index contributed by atoms with van der Waals surface area (Å²) in [7, 11) is 0. The van der Waals surface area contributed by atoms with Gasteiger partial charge in [0.15, 0.2) is 0 Å². The molecular weight excluding hydrogens is 252 g/mol. The van der Waals surface area contributed by atoms with Crippen LogP contribution < -0.4 is 5.32 Å². The van der Waals surface area contributed by atoms with Crippen LogP contribution in [0.4, 0.5) is 11.4 Å². The van der Waals surface area contributed by atoms with Crippen molar-refractivity contribution in [1.29, 1.82) is 0 Å². The molecule has 1 amide bonds. The lowest BCUT2D eigenvalue weighted by Gasteiger charge is -2.05. The molecule has 0 aliphatic carbocycles. The van der Waals surface area contributed by atoms with Crippen molar-refractivity contribution in [1.82, 2.24) is 0 Å². The van der Waals surface area contributed by atoms with Crippen molar-refractivity contribution in [3.05, 3.63) is 70.1 Å². The van der Waals surface area contributed by atoms with Gasteiger partial charge in [0.1, 0.15) is 0 Å². The van der Waals surface area contributed by atoms with Crippen LogP contribution >= 0.6 is 0 Å². The number of nitrogens with zero attached hydrogens (tertiary/aromatic N) is 3. The number of anilines is 1. The molecule has 1 N–H and O–H groups in total. The van der Waals surface area contributed by atoms with Crippen LogP contribution in [0.1, 0.15) is 18.1 Å². The van der Waals surface area contributed by atoms with Gasteiger partial charge in [-0.1, -0.05) is 41.5 Å². The number of carbonyl (C=O) groups is 1. The Morgan fingerprint density at radius 1 is 1.10 bits per heavy atom. The van der Waals surface area contributed by atoms with E-state index in [2.05, 4.69) is 15.3 Å². The summed E-state index contributed by atoms with van der Waals surface area (Å²) >= 11 is 0. The molecule has 2 aromatic carbocycles. The fraction of sp³-hybridized carbons (Fsp3) is 0.133. The molecule has 0 heterocycles. The van der Waals surface area contributed by atoms with Crippen LogP contribution in [0.2, 0.25) is 0 Å². The standard InChI is InChI=1S/C15H14N4O/c1-11(20)17-14-6-2-12(3-7-14)10-13-4-8-15(9-5-13)18-19-16/h2-9H,10H2,1H3,(H,17,20). The highest BCUT2D eigenvalue weighted by Gasteiger charge is 1.99. The van der Waals surface area contributed by atoms with Crippen molar-refractivity contribution < 1.29 is 4.79 Å². The number of rotatable bonds is 4. The van der Waals surface area contributed by atoms with Crippen LogP contribution in [0.25, 0.3) is 10.4 Å². The number of carbonyl (C=O) groups excluding carboxylic acids is 1. The molecule has 2 rings (SSSR count). The van der Waals surface area contributed by atoms with E-state index in [0.717, 1.165) is 23.2 Å². The molecule has 100 valence electrons. The molecular formula is C15H14N4O. The van der Waals surface area contributed by atoms with E-state index in [1.165, 1.54) is 6.92 Å². The fourth-order valence-electron chi connectivity index (χ4n) is 1.88. The summed E-state index contributed by atoms with van der Waals surface area (Å²) in [4.78, 5) is 13.7. The van der Waals surface area contributed by atoms with Gasteiger partial charge in [-0.2, -0.15) is 0 Å². The van der Waals surface area contributed by atoms with Gasteiger partial charge in [-0.25, -0.2) is 0 Å². The van der Waals surface area contributed by atoms with Crippen LogP contribution in [0.15, 0.2) is 53.6 Å². The van der Waals surface area contributed by atoms with Crippen molar-refractivity contribution in [2.75, 3.05) is 5.32 Å². The van der Waals surface area contributed by atoms with Gasteiger partial charge >= 0.3 is 0 Å². The second-order valence-electron chi connectivity index (χ2n) is 4.41. The normalized spacial score (nSPS) is 9.65. The highest BCUT2D eigenvalue weighted by molar-refractivity contribution is 5.88. The predicted octanol–water partition coefficient (Wildman–Crippen LogP) is 4.18. The second-order valence-corrected chi connectivity index (χ2v) is 4.41. The minimum atomic E-state index is -0.0774. The Hall–Kier alpha value is -2.78. The highest BCUT2D eigenvalue weighted by atomic mass is 16.1. The van der Waals surface area contributed by atoms with E-state index in [9.17, 15) is 4.79 Å². The van der Waals surface area contributed by atoms with Gasteiger partial charge in [0.05, 0.1) is 0 Å². The van der Waals surface area contributed by atoms with E-state index in [1.807, 2.05) is 36.4 Å². The fourth-order valence-corrected chi connectivity index (χ4v) is 1.88. The Morgan fingerprint density at radius 3 is 2.15 bits per heavy atom. The summed E-state index contributed by atoms with van der Waals surface area (Å²) in [6, 6.07) is 15.2. The number of benzene rings is 2. The zero-order valence-electron chi connectivity index (χ0n) is 11.1. The molecule has 0 aromatic heterocycles. The van der Waals surface area contributed by atoms with Gasteiger partial charge < -0.3 is 5.32 Å². The van der Waals surface area contributed by atoms with Crippen molar-refractivity contribution >= 4 is 17.3 Å². The molecule has 5 nitrogen and oxygen atoms in total. The topological polar surface area (TPSA) is 77.9 Å². The highest BCUT2D eigenvalue weighted by Crippen LogP contribution is 2.17. The average Bonchev–Trinajstić information content (AvgIpc) is 2.43. The summed E-state index contributed by atoms with van der Waals surface area (Å²) in [5, 5.41) is 6.27. The van der Waals surface area contributed by atoms with E-state index in [1.54, 1.807) is 12.1 Å². The maximum Gasteiger partial charge on any atom is 0.221 e. The minimum absolute atomic E-state index is 0.0774. The lowest BCUT2D eigenvalue weighted by atomic mass is 10.0. The van der Waals surface area contributed by atoms with Gasteiger partial charge in [0.2, 0.25) is 5.91 Å². The zero-order chi connectivity index (χ0) is 14.4. The summed E-state index contributed by atoms with van der Waals surface area (Å²) in [5.74, 6) is -0.0774. The van der Waals surface area contributed by atoms with E-state index >= 15 is 0 Å². The van der Waals surface area contributed by atoms with Gasteiger partial charge in [0.25, 0.3) is 0 Å². The van der Waals surface area contributed by atoms with E-state index in [-0.39, 0.29) is 5.91 Å². The molecule has 0 radical (unpaired) electrons. The Kier molecular flexibility index (Phi) is 4.37. The van der Waals surface area contributed by atoms with E-state index in [0.29, 0.717) is 5.69 Å². The van der Waals surface area contributed by atoms with Crippen molar-refractivity contribution in [2.24, 2.45) is 5.11 Å². The number of hydrogen-bond donors (Lipinski definition) is 1. The molecule has 0 aliphatic heterocycles. The van der Waals surface area contributed by atoms with Gasteiger partial charge in [0, 0.05) is 23.2 Å². The molecule has 2 aromatic rings. The first-order chi connectivity index (χ1) is 9.67. The maximum atomic E-state index is 10.9. The Labute approximate surface area is 116 Å². The Bertz CT molecular complexity index is 641. The largest absolute Gasteiger partial charge is 0.326 e. The first-order valence-corrected chi connectivity index (χ1v) is 6.18. The van der Waals surface area contributed by atoms with E-state index in [4.69, 9.17) is 5.53 Å². The molecule has 0 aliphatic rings. The lowest BCUT2D eigenvalue weighted by molar-refractivity contribution is -0.114. The number of azide groups is 1. The molecule has 20 heavy (non-hydrogen) atoms. The Morgan fingerprint density at radius 2 is 1.65 bits per heavy atom. The first-order valence-electron chi connectivity index (χ1n) is 6.18. The third kappa shape index (κ3) is 3.86. The molecule has 5 heteroatoms. The average molecular weight is 266 g/mol. The molecule has 0 fully saturated rings. The van der Waals surface area contributed by atoms with Crippen LogP contribution in [0.5, 0.6) is 0 Å². The molecule has 0 saturated carbocycles. The van der Waals surface area contributed by atoms with Gasteiger partial charge in [-0.3, -0.25) is 4.79 Å². The van der Waals surface area contributed by atoms with Crippen LogP contribution in [0.3, 0.4) is 0 Å². The number of nitrogens with one attached hydrogen (secondary N) is 1. The molecule has 0 bridgehead atoms. The van der Waals surface area contributed by atoms with Gasteiger partial charge in [-0.15, -0.1) is 0 Å². The lowest BCUT2D eigenvalue weighted by Crippen LogP contribution is -2.05. The summed E-state index contributed by atoms with van der Waals surface area (Å²) in [6.45, 7) is 1.49. The molecule has 0 unspecified atom stereocenters. The summed E-state index contributed by atoms with van der Waals surface area (Å²) in [5.41, 5.74) is 12.0. The van der Waals surface area contributed by atoms with Crippen molar-refractivity contribution in [3.63, 3.8) is 0 Å². The van der Waals surface area contributed by atoms with Crippen LogP contribution in [-0.4, -0.2) is 5.91 Å². The van der Waals surface area contributed by atoms with Gasteiger partial charge in [-0.05, 0) is 35.2 Å². The van der Waals surface area contributed by atoms with E-state index < -0.39 is 0 Å². The minimum Gasteiger partial charge on any atom is -0.326 e. The van der Waals surface area contributed by atoms with Crippen LogP contribution in [0, 0.1) is 0 Å². The smallest absolute Gasteiger partial charge is 0.221 e. The SMILES string of the molecule is CC(=O)Nc1ccc(Cc2ccc(N=[N+]=[N-])cc2)cc1. The summed E-state index contributed by atoms with van der Waals surface area (Å²) in [6.07, 6.45) is 0.789. The Balaban J connectivity index is 2.05. The summed E-state index contributed by atoms with van der Waals surface area (Å²) < 4.78 is 0. The zero-order valence-corrected chi connectivity index (χ0v) is 11.1. The molecule has 0 atom stereocenters. The number of hydrogen-bond acceptors (Lipinski definition) is 2. The first kappa shape index (κ1) is 13.6. The van der Waals surface area contributed by atoms with Crippen molar-refractivity contribution in [3.8, 4) is 0 Å². The predicted molar refractivity (Wildman–Crippen MR) is 78.8 cm³/mol. The third-order valence-electron chi connectivity index (χ3n) is 2.78. The number of amides is 1. The molecule has 0 saturated heterocycles. The molecule has 0 spiro atoms. The second kappa shape index (κ2) is 6.41. The quantitative estimate of drug-likeness (QED) is 0.503. The van der Waals surface area contributed by atoms with Crippen molar-refractivity contribution in [2.45, 2.75) is 13.3 Å². The van der Waals surface area contributed by atoms with Crippen LogP contribution in [-0.2, 0) is 11.2 Å².